The van der Waals surface area contributed by atoms with E-state index >= 15 is 0 Å². The van der Waals surface area contributed by atoms with Crippen LogP contribution in [0.1, 0.15) is 5.56 Å². The van der Waals surface area contributed by atoms with Gasteiger partial charge in [0.2, 0.25) is 0 Å². The van der Waals surface area contributed by atoms with Crippen LogP contribution >= 0.6 is 0 Å². The minimum Gasteiger partial charge on any atom is -0.378 e. The van der Waals surface area contributed by atoms with Crippen molar-refractivity contribution in [3.05, 3.63) is 48.2 Å². The first kappa shape index (κ1) is 12.5. The summed E-state index contributed by atoms with van der Waals surface area (Å²) in [7, 11) is 0. The Labute approximate surface area is 123 Å². The molecule has 5 heteroatoms. The Bertz CT molecular complexity index is 656. The molecule has 2 aliphatic rings. The Hall–Kier alpha value is -2.27. The molecule has 0 aliphatic carbocycles. The van der Waals surface area contributed by atoms with Gasteiger partial charge in [0.25, 0.3) is 0 Å². The topological polar surface area (TPSA) is 41.8 Å². The van der Waals surface area contributed by atoms with Gasteiger partial charge in [-0.3, -0.25) is 0 Å². The summed E-state index contributed by atoms with van der Waals surface area (Å²) in [6.07, 6.45) is 2.08. The summed E-state index contributed by atoms with van der Waals surface area (Å²) < 4.78 is 7.57. The lowest BCUT2D eigenvalue weighted by Crippen LogP contribution is -2.43. The van der Waals surface area contributed by atoms with Gasteiger partial charge in [0.15, 0.2) is 5.82 Å². The molecule has 1 aromatic carbocycles. The lowest BCUT2D eigenvalue weighted by molar-refractivity contribution is 0.111. The highest BCUT2D eigenvalue weighted by atomic mass is 16.5. The highest BCUT2D eigenvalue weighted by Gasteiger charge is 2.20. The van der Waals surface area contributed by atoms with E-state index in [4.69, 9.17) is 9.73 Å². The zero-order chi connectivity index (χ0) is 14.1. The summed E-state index contributed by atoms with van der Waals surface area (Å²) in [6.45, 7) is 4.12. The highest BCUT2D eigenvalue weighted by molar-refractivity contribution is 6.06. The van der Waals surface area contributed by atoms with Gasteiger partial charge in [-0.1, -0.05) is 30.3 Å². The van der Waals surface area contributed by atoms with Gasteiger partial charge in [-0.25, -0.2) is 9.67 Å². The summed E-state index contributed by atoms with van der Waals surface area (Å²) in [5, 5.41) is 5.74. The van der Waals surface area contributed by atoms with E-state index in [0.29, 0.717) is 0 Å². The number of benzene rings is 1. The normalized spacial score (nSPS) is 17.9. The third-order valence-corrected chi connectivity index (χ3v) is 3.93. The van der Waals surface area contributed by atoms with E-state index in [0.717, 1.165) is 50.1 Å². The molecule has 0 amide bonds. The van der Waals surface area contributed by atoms with Crippen molar-refractivity contribution < 1.29 is 4.74 Å². The minimum absolute atomic E-state index is 0.768. The van der Waals surface area contributed by atoms with E-state index in [1.54, 1.807) is 0 Å². The first-order chi connectivity index (χ1) is 10.4. The van der Waals surface area contributed by atoms with Crippen LogP contribution < -0.4 is 10.3 Å². The Morgan fingerprint density at radius 1 is 1.05 bits per heavy atom. The van der Waals surface area contributed by atoms with Gasteiger partial charge >= 0.3 is 0 Å². The molecule has 0 unspecified atom stereocenters. The molecule has 0 bridgehead atoms. The van der Waals surface area contributed by atoms with Crippen molar-refractivity contribution in [2.45, 2.75) is 0 Å². The van der Waals surface area contributed by atoms with Crippen molar-refractivity contribution in [3.8, 4) is 0 Å². The van der Waals surface area contributed by atoms with Crippen molar-refractivity contribution in [1.29, 1.82) is 0 Å². The van der Waals surface area contributed by atoms with Crippen LogP contribution in [0.5, 0.6) is 0 Å². The van der Waals surface area contributed by atoms with Crippen LogP contribution in [0.2, 0.25) is 0 Å². The second kappa shape index (κ2) is 5.26. The Morgan fingerprint density at radius 3 is 2.67 bits per heavy atom. The number of hydrogen-bond acceptors (Lipinski definition) is 4. The molecule has 0 radical (unpaired) electrons. The van der Waals surface area contributed by atoms with E-state index in [-0.39, 0.29) is 0 Å². The van der Waals surface area contributed by atoms with Crippen LogP contribution in [0.4, 0.5) is 11.5 Å². The maximum Gasteiger partial charge on any atom is 0.175 e. The van der Waals surface area contributed by atoms with Crippen LogP contribution in [0.3, 0.4) is 0 Å². The second-order valence-electron chi connectivity index (χ2n) is 5.24. The number of nitrogens with zero attached hydrogens (tertiary/aromatic N) is 3. The molecule has 1 aromatic heterocycles. The molecule has 5 nitrogen and oxygen atoms in total. The number of anilines is 1. The summed E-state index contributed by atoms with van der Waals surface area (Å²) in [5.74, 6) is 0.988. The quantitative estimate of drug-likeness (QED) is 0.916. The number of rotatable bonds is 2. The lowest BCUT2D eigenvalue weighted by atomic mass is 10.1. The molecular formula is C16H18N4O. The van der Waals surface area contributed by atoms with Gasteiger partial charge < -0.3 is 15.1 Å². The molecule has 108 valence electrons. The van der Waals surface area contributed by atoms with E-state index in [1.807, 2.05) is 18.2 Å². The van der Waals surface area contributed by atoms with E-state index in [2.05, 4.69) is 39.4 Å². The van der Waals surface area contributed by atoms with Gasteiger partial charge in [-0.15, -0.1) is 0 Å². The van der Waals surface area contributed by atoms with Crippen molar-refractivity contribution >= 4 is 17.2 Å². The number of aliphatic imine (C=N–C) groups is 1. The predicted octanol–water partition coefficient (Wildman–Crippen LogP) is 2.00. The average molecular weight is 282 g/mol. The first-order valence-electron chi connectivity index (χ1n) is 7.33. The van der Waals surface area contributed by atoms with Crippen LogP contribution in [-0.2, 0) is 4.74 Å². The minimum atomic E-state index is 0.768. The molecule has 1 N–H and O–H groups in total. The summed E-state index contributed by atoms with van der Waals surface area (Å²) in [5.41, 5.74) is 3.35. The Kier molecular flexibility index (Phi) is 3.12. The second-order valence-corrected chi connectivity index (χ2v) is 5.24. The SMILES string of the molecule is c1ccc(C2=Nc3c(ccn3N3CCOCC3)NC2)cc1. The van der Waals surface area contributed by atoms with Crippen molar-refractivity contribution in [3.63, 3.8) is 0 Å². The summed E-state index contributed by atoms with van der Waals surface area (Å²) >= 11 is 0. The molecule has 0 atom stereocenters. The van der Waals surface area contributed by atoms with E-state index in [1.165, 1.54) is 5.56 Å². The number of morpholine rings is 1. The van der Waals surface area contributed by atoms with Crippen molar-refractivity contribution in [1.82, 2.24) is 4.68 Å². The highest BCUT2D eigenvalue weighted by Crippen LogP contribution is 2.30. The van der Waals surface area contributed by atoms with Crippen LogP contribution in [0.25, 0.3) is 0 Å². The van der Waals surface area contributed by atoms with Gasteiger partial charge in [-0.2, -0.15) is 0 Å². The summed E-state index contributed by atoms with van der Waals surface area (Å²) in [4.78, 5) is 4.89. The lowest BCUT2D eigenvalue weighted by Gasteiger charge is -2.31. The largest absolute Gasteiger partial charge is 0.378 e. The van der Waals surface area contributed by atoms with Crippen molar-refractivity contribution in [2.24, 2.45) is 4.99 Å². The van der Waals surface area contributed by atoms with Crippen LogP contribution in [0, 0.1) is 0 Å². The third-order valence-electron chi connectivity index (χ3n) is 3.93. The van der Waals surface area contributed by atoms with E-state index < -0.39 is 0 Å². The first-order valence-corrected chi connectivity index (χ1v) is 7.33. The van der Waals surface area contributed by atoms with Crippen LogP contribution in [0.15, 0.2) is 47.6 Å². The molecule has 0 saturated carbocycles. The monoisotopic (exact) mass is 282 g/mol. The smallest absolute Gasteiger partial charge is 0.175 e. The average Bonchev–Trinajstić information content (AvgIpc) is 2.99. The van der Waals surface area contributed by atoms with Gasteiger partial charge in [0, 0.05) is 6.20 Å². The third kappa shape index (κ3) is 2.29. The Morgan fingerprint density at radius 2 is 1.86 bits per heavy atom. The number of nitrogens with one attached hydrogen (secondary N) is 1. The fraction of sp³-hybridized carbons (Fsp3) is 0.312. The molecular weight excluding hydrogens is 264 g/mol. The molecule has 2 aliphatic heterocycles. The number of hydrogen-bond donors (Lipinski definition) is 1. The fourth-order valence-corrected chi connectivity index (χ4v) is 2.80. The zero-order valence-corrected chi connectivity index (χ0v) is 11.8. The van der Waals surface area contributed by atoms with Gasteiger partial charge in [0.1, 0.15) is 0 Å². The molecule has 2 aromatic rings. The predicted molar refractivity (Wildman–Crippen MR) is 84.3 cm³/mol. The van der Waals surface area contributed by atoms with Crippen molar-refractivity contribution in [2.75, 3.05) is 43.2 Å². The van der Waals surface area contributed by atoms with Crippen LogP contribution in [-0.4, -0.2) is 43.2 Å². The number of aromatic nitrogens is 1. The fourth-order valence-electron chi connectivity index (χ4n) is 2.80. The molecule has 1 saturated heterocycles. The number of fused-ring (bicyclic) bond motifs is 1. The Balaban J connectivity index is 1.70. The molecule has 0 spiro atoms. The molecule has 4 rings (SSSR count). The maximum atomic E-state index is 5.43. The van der Waals surface area contributed by atoms with E-state index in [9.17, 15) is 0 Å². The van der Waals surface area contributed by atoms with Gasteiger partial charge in [-0.05, 0) is 11.6 Å². The molecule has 21 heavy (non-hydrogen) atoms. The summed E-state index contributed by atoms with van der Waals surface area (Å²) in [6, 6.07) is 12.4. The zero-order valence-electron chi connectivity index (χ0n) is 11.8. The standard InChI is InChI=1S/C16H18N4O/c1-2-4-13(5-3-1)15-12-17-14-6-7-20(16(14)18-15)19-8-10-21-11-9-19/h1-7,17H,8-12H2. The molecule has 1 fully saturated rings. The maximum absolute atomic E-state index is 5.43. The molecule has 3 heterocycles. The number of ether oxygens (including phenoxy) is 1. The van der Waals surface area contributed by atoms with Gasteiger partial charge in [0.05, 0.1) is 44.2 Å².